The Labute approximate surface area is 110 Å². The zero-order valence-electron chi connectivity index (χ0n) is 11.5. The van der Waals surface area contributed by atoms with E-state index in [1.807, 2.05) is 0 Å². The lowest BCUT2D eigenvalue weighted by Gasteiger charge is -2.28. The number of carbonyl (C=O) groups excluding carboxylic acids is 1. The minimum atomic E-state index is 0.170. The maximum Gasteiger partial charge on any atom is 0.237 e. The molecule has 0 unspecified atom stereocenters. The number of fused-ring (bicyclic) bond motifs is 2. The van der Waals surface area contributed by atoms with Gasteiger partial charge in [-0.05, 0) is 63.5 Å². The molecule has 3 rings (SSSR count). The Kier molecular flexibility index (Phi) is 3.60. The summed E-state index contributed by atoms with van der Waals surface area (Å²) in [7, 11) is 0. The van der Waals surface area contributed by atoms with Gasteiger partial charge in [0, 0.05) is 6.04 Å². The van der Waals surface area contributed by atoms with E-state index in [0.717, 1.165) is 37.8 Å². The molecule has 2 saturated carbocycles. The lowest BCUT2D eigenvalue weighted by atomic mass is 9.95. The van der Waals surface area contributed by atoms with Crippen LogP contribution in [0.4, 0.5) is 0 Å². The van der Waals surface area contributed by atoms with Crippen LogP contribution in [-0.4, -0.2) is 36.0 Å². The Hall–Kier alpha value is -0.570. The summed E-state index contributed by atoms with van der Waals surface area (Å²) in [6, 6.07) is 0.671. The van der Waals surface area contributed by atoms with Crippen molar-refractivity contribution in [1.29, 1.82) is 0 Å². The summed E-state index contributed by atoms with van der Waals surface area (Å²) in [5.74, 6) is 2.02. The molecule has 3 fully saturated rings. The lowest BCUT2D eigenvalue weighted by Crippen LogP contribution is -2.48. The van der Waals surface area contributed by atoms with Gasteiger partial charge < -0.3 is 5.32 Å². The number of nitrogens with one attached hydrogen (secondary N) is 1. The predicted octanol–water partition coefficient (Wildman–Crippen LogP) is 2.17. The summed E-state index contributed by atoms with van der Waals surface area (Å²) in [6.45, 7) is 4.39. The van der Waals surface area contributed by atoms with Crippen LogP contribution in [0, 0.1) is 11.8 Å². The molecule has 0 radical (unpaired) electrons. The van der Waals surface area contributed by atoms with Gasteiger partial charge in [0.2, 0.25) is 5.91 Å². The normalized spacial score (nSPS) is 39.4. The highest BCUT2D eigenvalue weighted by molar-refractivity contribution is 5.82. The zero-order valence-corrected chi connectivity index (χ0v) is 11.5. The molecule has 1 N–H and O–H groups in total. The third-order valence-electron chi connectivity index (χ3n) is 5.24. The van der Waals surface area contributed by atoms with Crippen molar-refractivity contribution in [1.82, 2.24) is 10.2 Å². The Bertz CT molecular complexity index is 318. The van der Waals surface area contributed by atoms with Crippen molar-refractivity contribution in [2.45, 2.75) is 64.0 Å². The first-order chi connectivity index (χ1) is 8.78. The smallest absolute Gasteiger partial charge is 0.237 e. The van der Waals surface area contributed by atoms with Crippen LogP contribution in [0.2, 0.25) is 0 Å². The van der Waals surface area contributed by atoms with Crippen molar-refractivity contribution in [2.75, 3.05) is 13.1 Å². The molecule has 3 nitrogen and oxygen atoms in total. The molecule has 1 saturated heterocycles. The van der Waals surface area contributed by atoms with Crippen LogP contribution in [0.3, 0.4) is 0 Å². The first-order valence-corrected chi connectivity index (χ1v) is 7.82. The van der Waals surface area contributed by atoms with Crippen molar-refractivity contribution >= 4 is 5.91 Å². The number of hydrogen-bond donors (Lipinski definition) is 1. The van der Waals surface area contributed by atoms with E-state index in [2.05, 4.69) is 17.1 Å². The molecule has 0 aromatic carbocycles. The number of rotatable bonds is 4. The number of hydrogen-bond acceptors (Lipinski definition) is 2. The number of likely N-dealkylation sites (tertiary alicyclic amines) is 1. The summed E-state index contributed by atoms with van der Waals surface area (Å²) in [4.78, 5) is 14.8. The average Bonchev–Trinajstić information content (AvgIpc) is 3.04. The molecule has 18 heavy (non-hydrogen) atoms. The molecule has 1 aliphatic heterocycles. The largest absolute Gasteiger partial charge is 0.352 e. The fraction of sp³-hybridized carbons (Fsp3) is 0.933. The van der Waals surface area contributed by atoms with E-state index < -0.39 is 0 Å². The SMILES string of the molecule is CCCN1CCC[C@@H]1C(=O)N[C@@H]1C[C@H]2CC[C@@H]1C2. The van der Waals surface area contributed by atoms with E-state index in [4.69, 9.17) is 0 Å². The first-order valence-electron chi connectivity index (χ1n) is 7.82. The topological polar surface area (TPSA) is 32.3 Å². The van der Waals surface area contributed by atoms with Crippen LogP contribution >= 0.6 is 0 Å². The molecule has 4 atom stereocenters. The van der Waals surface area contributed by atoms with Crippen molar-refractivity contribution in [3.8, 4) is 0 Å². The minimum absolute atomic E-state index is 0.170. The van der Waals surface area contributed by atoms with Crippen molar-refractivity contribution < 1.29 is 4.79 Å². The summed E-state index contributed by atoms with van der Waals surface area (Å²) in [6.07, 6.45) is 8.77. The highest BCUT2D eigenvalue weighted by Crippen LogP contribution is 2.44. The van der Waals surface area contributed by atoms with E-state index >= 15 is 0 Å². The van der Waals surface area contributed by atoms with Crippen LogP contribution in [0.1, 0.15) is 51.9 Å². The Morgan fingerprint density at radius 1 is 1.28 bits per heavy atom. The second-order valence-corrected chi connectivity index (χ2v) is 6.48. The average molecular weight is 250 g/mol. The molecule has 3 heteroatoms. The summed E-state index contributed by atoms with van der Waals surface area (Å²) in [5.41, 5.74) is 0. The Morgan fingerprint density at radius 2 is 2.17 bits per heavy atom. The highest BCUT2D eigenvalue weighted by atomic mass is 16.2. The van der Waals surface area contributed by atoms with Crippen LogP contribution in [0.5, 0.6) is 0 Å². The standard InChI is InChI=1S/C15H26N2O/c1-2-7-17-8-3-4-14(17)15(18)16-13-10-11-5-6-12(13)9-11/h11-14H,2-10H2,1H3,(H,16,18)/t11-,12+,13+,14+/m0/s1. The van der Waals surface area contributed by atoms with Gasteiger partial charge in [-0.25, -0.2) is 0 Å². The van der Waals surface area contributed by atoms with Gasteiger partial charge in [-0.2, -0.15) is 0 Å². The molecular formula is C15H26N2O. The van der Waals surface area contributed by atoms with E-state index in [1.54, 1.807) is 0 Å². The van der Waals surface area contributed by atoms with Gasteiger partial charge >= 0.3 is 0 Å². The molecule has 2 aliphatic carbocycles. The molecule has 0 spiro atoms. The number of carbonyl (C=O) groups is 1. The Morgan fingerprint density at radius 3 is 2.83 bits per heavy atom. The van der Waals surface area contributed by atoms with Gasteiger partial charge in [0.1, 0.15) is 0 Å². The maximum absolute atomic E-state index is 12.4. The quantitative estimate of drug-likeness (QED) is 0.829. The molecule has 102 valence electrons. The van der Waals surface area contributed by atoms with Crippen molar-refractivity contribution in [3.05, 3.63) is 0 Å². The summed E-state index contributed by atoms with van der Waals surface area (Å²) in [5, 5.41) is 3.36. The Balaban J connectivity index is 1.54. The first kappa shape index (κ1) is 12.5. The second-order valence-electron chi connectivity index (χ2n) is 6.48. The molecule has 0 aromatic rings. The fourth-order valence-corrected chi connectivity index (χ4v) is 4.38. The van der Waals surface area contributed by atoms with Gasteiger partial charge in [0.05, 0.1) is 6.04 Å². The third-order valence-corrected chi connectivity index (χ3v) is 5.24. The summed E-state index contributed by atoms with van der Waals surface area (Å²) < 4.78 is 0. The molecule has 1 heterocycles. The maximum atomic E-state index is 12.4. The monoisotopic (exact) mass is 250 g/mol. The predicted molar refractivity (Wildman–Crippen MR) is 72.3 cm³/mol. The van der Waals surface area contributed by atoms with Gasteiger partial charge in [0.25, 0.3) is 0 Å². The van der Waals surface area contributed by atoms with Gasteiger partial charge in [0.15, 0.2) is 0 Å². The van der Waals surface area contributed by atoms with Gasteiger partial charge in [-0.3, -0.25) is 9.69 Å². The molecular weight excluding hydrogens is 224 g/mol. The summed E-state index contributed by atoms with van der Waals surface area (Å²) >= 11 is 0. The zero-order chi connectivity index (χ0) is 12.5. The molecule has 0 aromatic heterocycles. The van der Waals surface area contributed by atoms with Gasteiger partial charge in [-0.15, -0.1) is 0 Å². The van der Waals surface area contributed by atoms with Crippen LogP contribution in [0.25, 0.3) is 0 Å². The lowest BCUT2D eigenvalue weighted by molar-refractivity contribution is -0.126. The van der Waals surface area contributed by atoms with Crippen molar-refractivity contribution in [2.24, 2.45) is 11.8 Å². The van der Waals surface area contributed by atoms with Gasteiger partial charge in [-0.1, -0.05) is 13.3 Å². The number of nitrogens with zero attached hydrogens (tertiary/aromatic N) is 1. The van der Waals surface area contributed by atoms with Crippen LogP contribution in [0.15, 0.2) is 0 Å². The van der Waals surface area contributed by atoms with Crippen molar-refractivity contribution in [3.63, 3.8) is 0 Å². The van der Waals surface area contributed by atoms with Crippen LogP contribution < -0.4 is 5.32 Å². The van der Waals surface area contributed by atoms with E-state index in [0.29, 0.717) is 11.9 Å². The second kappa shape index (κ2) is 5.20. The van der Waals surface area contributed by atoms with E-state index in [-0.39, 0.29) is 6.04 Å². The number of amides is 1. The molecule has 2 bridgehead atoms. The molecule has 1 amide bonds. The van der Waals surface area contributed by atoms with E-state index in [1.165, 1.54) is 32.1 Å². The minimum Gasteiger partial charge on any atom is -0.352 e. The highest BCUT2D eigenvalue weighted by Gasteiger charge is 2.41. The third kappa shape index (κ3) is 2.29. The van der Waals surface area contributed by atoms with E-state index in [9.17, 15) is 4.79 Å². The fourth-order valence-electron chi connectivity index (χ4n) is 4.38. The van der Waals surface area contributed by atoms with Crippen LogP contribution in [-0.2, 0) is 4.79 Å². The molecule has 3 aliphatic rings.